The smallest absolute Gasteiger partial charge is 0.0847 e. The molecule has 1 aliphatic carbocycles. The van der Waals surface area contributed by atoms with Gasteiger partial charge in [0.1, 0.15) is 0 Å². The van der Waals surface area contributed by atoms with Crippen LogP contribution in [0.3, 0.4) is 0 Å². The van der Waals surface area contributed by atoms with E-state index in [-0.39, 0.29) is 12.0 Å². The van der Waals surface area contributed by atoms with Crippen LogP contribution in [-0.2, 0) is 6.61 Å². The number of aliphatic hydroxyl groups is 1. The van der Waals surface area contributed by atoms with Crippen molar-refractivity contribution in [1.82, 2.24) is 0 Å². The topological polar surface area (TPSA) is 20.2 Å². The average molecular weight is 231 g/mol. The number of halogens is 1. The lowest BCUT2D eigenvalue weighted by atomic mass is 10.0. The van der Waals surface area contributed by atoms with Crippen molar-refractivity contribution in [3.8, 4) is 11.1 Å². The maximum atomic E-state index is 9.37. The minimum atomic E-state index is -0.0855. The first kappa shape index (κ1) is 9.88. The molecule has 2 heteroatoms. The predicted octanol–water partition coefficient (Wildman–Crippen LogP) is 3.49. The third-order valence-electron chi connectivity index (χ3n) is 3.13. The molecule has 16 heavy (non-hydrogen) atoms. The number of fused-ring (bicyclic) bond motifs is 3. The van der Waals surface area contributed by atoms with Gasteiger partial charge in [-0.2, -0.15) is 0 Å². The van der Waals surface area contributed by atoms with Crippen LogP contribution in [-0.4, -0.2) is 5.11 Å². The first-order valence-electron chi connectivity index (χ1n) is 5.29. The summed E-state index contributed by atoms with van der Waals surface area (Å²) in [6.07, 6.45) is 0. The Morgan fingerprint density at radius 3 is 2.56 bits per heavy atom. The van der Waals surface area contributed by atoms with Gasteiger partial charge in [0.25, 0.3) is 0 Å². The van der Waals surface area contributed by atoms with Crippen molar-refractivity contribution in [2.45, 2.75) is 12.0 Å². The molecule has 0 radical (unpaired) electrons. The average Bonchev–Trinajstić information content (AvgIpc) is 2.64. The zero-order chi connectivity index (χ0) is 11.1. The summed E-state index contributed by atoms with van der Waals surface area (Å²) in [4.78, 5) is 0. The van der Waals surface area contributed by atoms with Crippen LogP contribution in [0.15, 0.2) is 42.5 Å². The zero-order valence-electron chi connectivity index (χ0n) is 8.65. The fraction of sp³-hybridized carbons (Fsp3) is 0.143. The molecule has 0 spiro atoms. The summed E-state index contributed by atoms with van der Waals surface area (Å²) in [6.45, 7) is 0.0567. The molecule has 0 bridgehead atoms. The molecule has 1 aliphatic rings. The molecular formula is C14H11ClO. The van der Waals surface area contributed by atoms with Gasteiger partial charge in [0.15, 0.2) is 0 Å². The van der Waals surface area contributed by atoms with E-state index in [0.29, 0.717) is 0 Å². The minimum absolute atomic E-state index is 0.0567. The van der Waals surface area contributed by atoms with Crippen LogP contribution in [0.1, 0.15) is 22.1 Å². The van der Waals surface area contributed by atoms with Gasteiger partial charge in [-0.1, -0.05) is 42.5 Å². The van der Waals surface area contributed by atoms with E-state index in [9.17, 15) is 5.11 Å². The van der Waals surface area contributed by atoms with Gasteiger partial charge in [0.05, 0.1) is 12.0 Å². The Morgan fingerprint density at radius 1 is 1.00 bits per heavy atom. The van der Waals surface area contributed by atoms with Crippen LogP contribution < -0.4 is 0 Å². The third kappa shape index (κ3) is 1.22. The number of rotatable bonds is 1. The Hall–Kier alpha value is -1.31. The highest BCUT2D eigenvalue weighted by Gasteiger charge is 2.27. The molecule has 0 fully saturated rings. The summed E-state index contributed by atoms with van der Waals surface area (Å²) in [5.74, 6) is 0. The van der Waals surface area contributed by atoms with E-state index in [1.807, 2.05) is 36.4 Å². The Morgan fingerprint density at radius 2 is 1.75 bits per heavy atom. The SMILES string of the molecule is OCc1cccc2c1-c1ccccc1C2Cl. The van der Waals surface area contributed by atoms with Gasteiger partial charge < -0.3 is 5.11 Å². The fourth-order valence-corrected chi connectivity index (χ4v) is 2.78. The molecule has 0 aromatic heterocycles. The summed E-state index contributed by atoms with van der Waals surface area (Å²) in [5.41, 5.74) is 5.46. The molecule has 0 saturated carbocycles. The maximum Gasteiger partial charge on any atom is 0.0847 e. The number of alkyl halides is 1. The normalized spacial score (nSPS) is 17.0. The summed E-state index contributed by atoms with van der Waals surface area (Å²) in [6, 6.07) is 14.1. The lowest BCUT2D eigenvalue weighted by Gasteiger charge is -2.06. The molecule has 80 valence electrons. The van der Waals surface area contributed by atoms with Gasteiger partial charge in [0, 0.05) is 0 Å². The molecule has 0 heterocycles. The molecule has 1 unspecified atom stereocenters. The second-order valence-corrected chi connectivity index (χ2v) is 4.43. The third-order valence-corrected chi connectivity index (χ3v) is 3.60. The van der Waals surface area contributed by atoms with Gasteiger partial charge in [-0.15, -0.1) is 11.6 Å². The maximum absolute atomic E-state index is 9.37. The quantitative estimate of drug-likeness (QED) is 0.744. The molecule has 3 rings (SSSR count). The number of hydrogen-bond acceptors (Lipinski definition) is 1. The first-order chi connectivity index (χ1) is 7.83. The monoisotopic (exact) mass is 230 g/mol. The van der Waals surface area contributed by atoms with E-state index in [4.69, 9.17) is 11.6 Å². The molecule has 2 aromatic rings. The number of benzene rings is 2. The summed E-state index contributed by atoms with van der Waals surface area (Å²) >= 11 is 6.42. The molecule has 0 saturated heterocycles. The zero-order valence-corrected chi connectivity index (χ0v) is 9.41. The summed E-state index contributed by atoms with van der Waals surface area (Å²) < 4.78 is 0. The van der Waals surface area contributed by atoms with Gasteiger partial charge in [0.2, 0.25) is 0 Å². The van der Waals surface area contributed by atoms with Crippen molar-refractivity contribution >= 4 is 11.6 Å². The van der Waals surface area contributed by atoms with Crippen LogP contribution in [0.25, 0.3) is 11.1 Å². The highest BCUT2D eigenvalue weighted by Crippen LogP contribution is 2.48. The van der Waals surface area contributed by atoms with Crippen LogP contribution in [0.2, 0.25) is 0 Å². The van der Waals surface area contributed by atoms with Gasteiger partial charge >= 0.3 is 0 Å². The number of aliphatic hydroxyl groups excluding tert-OH is 1. The molecular weight excluding hydrogens is 220 g/mol. The lowest BCUT2D eigenvalue weighted by molar-refractivity contribution is 0.282. The molecule has 2 aromatic carbocycles. The molecule has 0 amide bonds. The van der Waals surface area contributed by atoms with Crippen molar-refractivity contribution in [2.75, 3.05) is 0 Å². The Labute approximate surface area is 99.3 Å². The van der Waals surface area contributed by atoms with E-state index in [1.165, 1.54) is 0 Å². The van der Waals surface area contributed by atoms with E-state index in [2.05, 4.69) is 6.07 Å². The van der Waals surface area contributed by atoms with E-state index in [0.717, 1.165) is 27.8 Å². The van der Waals surface area contributed by atoms with Crippen molar-refractivity contribution in [2.24, 2.45) is 0 Å². The van der Waals surface area contributed by atoms with Gasteiger partial charge in [-0.3, -0.25) is 0 Å². The van der Waals surface area contributed by atoms with Crippen LogP contribution in [0.5, 0.6) is 0 Å². The number of hydrogen-bond donors (Lipinski definition) is 1. The molecule has 1 atom stereocenters. The van der Waals surface area contributed by atoms with E-state index >= 15 is 0 Å². The lowest BCUT2D eigenvalue weighted by Crippen LogP contribution is -1.90. The largest absolute Gasteiger partial charge is 0.392 e. The summed E-state index contributed by atoms with van der Waals surface area (Å²) in [5, 5.41) is 9.29. The van der Waals surface area contributed by atoms with E-state index in [1.54, 1.807) is 0 Å². The van der Waals surface area contributed by atoms with Crippen LogP contribution in [0.4, 0.5) is 0 Å². The standard InChI is InChI=1S/C14H11ClO/c15-14-11-6-2-1-5-10(11)13-9(8-16)4-3-7-12(13)14/h1-7,14,16H,8H2. The fourth-order valence-electron chi connectivity index (χ4n) is 2.40. The second kappa shape index (κ2) is 3.62. The van der Waals surface area contributed by atoms with Gasteiger partial charge in [-0.25, -0.2) is 0 Å². The van der Waals surface area contributed by atoms with Crippen LogP contribution >= 0.6 is 11.6 Å². The second-order valence-electron chi connectivity index (χ2n) is 3.99. The first-order valence-corrected chi connectivity index (χ1v) is 5.72. The summed E-state index contributed by atoms with van der Waals surface area (Å²) in [7, 11) is 0. The van der Waals surface area contributed by atoms with Crippen molar-refractivity contribution in [1.29, 1.82) is 0 Å². The van der Waals surface area contributed by atoms with E-state index < -0.39 is 0 Å². The molecule has 1 nitrogen and oxygen atoms in total. The Kier molecular flexibility index (Phi) is 2.23. The Balaban J connectivity index is 2.35. The Bertz CT molecular complexity index is 548. The molecule has 1 N–H and O–H groups in total. The molecule has 0 aliphatic heterocycles. The van der Waals surface area contributed by atoms with Crippen molar-refractivity contribution in [3.05, 3.63) is 59.2 Å². The van der Waals surface area contributed by atoms with Crippen molar-refractivity contribution < 1.29 is 5.11 Å². The minimum Gasteiger partial charge on any atom is -0.392 e. The predicted molar refractivity (Wildman–Crippen MR) is 65.5 cm³/mol. The highest BCUT2D eigenvalue weighted by atomic mass is 35.5. The highest BCUT2D eigenvalue weighted by molar-refractivity contribution is 6.24. The van der Waals surface area contributed by atoms with Crippen LogP contribution in [0, 0.1) is 0 Å². The van der Waals surface area contributed by atoms with Crippen molar-refractivity contribution in [3.63, 3.8) is 0 Å². The van der Waals surface area contributed by atoms with Gasteiger partial charge in [-0.05, 0) is 27.8 Å².